The summed E-state index contributed by atoms with van der Waals surface area (Å²) in [6.45, 7) is 0. The Bertz CT molecular complexity index is 186. The van der Waals surface area contributed by atoms with Crippen LogP contribution in [0.2, 0.25) is 0 Å². The zero-order valence-electron chi connectivity index (χ0n) is 5.57. The molecule has 10 heavy (non-hydrogen) atoms. The van der Waals surface area contributed by atoms with E-state index in [2.05, 4.69) is 4.98 Å². The summed E-state index contributed by atoms with van der Waals surface area (Å²) in [6, 6.07) is 3.70. The van der Waals surface area contributed by atoms with Crippen LogP contribution in [0.1, 0.15) is 5.56 Å². The quantitative estimate of drug-likeness (QED) is 0.561. The molecule has 3 N–H and O–H groups in total. The maximum Gasteiger partial charge on any atom is 0.106 e. The van der Waals surface area contributed by atoms with E-state index in [4.69, 9.17) is 10.8 Å². The van der Waals surface area contributed by atoms with Crippen molar-refractivity contribution in [1.29, 1.82) is 0 Å². The van der Waals surface area contributed by atoms with Crippen molar-refractivity contribution >= 4 is 0 Å². The average Bonchev–Trinajstić information content (AvgIpc) is 1.88. The van der Waals surface area contributed by atoms with Crippen LogP contribution in [-0.2, 0) is 6.42 Å². The molecule has 1 atom stereocenters. The second kappa shape index (κ2) is 3.29. The fraction of sp³-hybridized carbons (Fsp3) is 0.286. The minimum absolute atomic E-state index is 0.466. The minimum Gasteiger partial charge on any atom is -0.378 e. The molecule has 1 heterocycles. The van der Waals surface area contributed by atoms with Crippen LogP contribution in [0.5, 0.6) is 0 Å². The summed E-state index contributed by atoms with van der Waals surface area (Å²) in [5.41, 5.74) is 6.11. The molecule has 0 aromatic carbocycles. The fourth-order valence-electron chi connectivity index (χ4n) is 0.760. The molecule has 0 aliphatic heterocycles. The van der Waals surface area contributed by atoms with E-state index in [1.807, 2.05) is 12.1 Å². The van der Waals surface area contributed by atoms with Crippen molar-refractivity contribution in [2.24, 2.45) is 5.73 Å². The van der Waals surface area contributed by atoms with Crippen LogP contribution < -0.4 is 5.73 Å². The lowest BCUT2D eigenvalue weighted by molar-refractivity contribution is 0.183. The van der Waals surface area contributed by atoms with Gasteiger partial charge in [0.2, 0.25) is 0 Å². The van der Waals surface area contributed by atoms with Crippen LogP contribution in [-0.4, -0.2) is 16.3 Å². The molecule has 0 fully saturated rings. The summed E-state index contributed by atoms with van der Waals surface area (Å²) in [5, 5.41) is 8.76. The largest absolute Gasteiger partial charge is 0.378 e. The molecule has 1 unspecified atom stereocenters. The van der Waals surface area contributed by atoms with Crippen LogP contribution in [0, 0.1) is 0 Å². The van der Waals surface area contributed by atoms with Crippen molar-refractivity contribution in [1.82, 2.24) is 4.98 Å². The highest BCUT2D eigenvalue weighted by atomic mass is 16.3. The first-order chi connectivity index (χ1) is 4.79. The van der Waals surface area contributed by atoms with Crippen molar-refractivity contribution in [2.75, 3.05) is 0 Å². The molecule has 1 aromatic heterocycles. The van der Waals surface area contributed by atoms with E-state index in [-0.39, 0.29) is 0 Å². The Morgan fingerprint density at radius 3 is 3.00 bits per heavy atom. The van der Waals surface area contributed by atoms with Crippen molar-refractivity contribution in [3.8, 4) is 0 Å². The standard InChI is InChI=1S/C7H10N2O/c8-7(10)4-6-2-1-3-9-5-6/h1-3,5,7,10H,4,8H2. The average molecular weight is 138 g/mol. The van der Waals surface area contributed by atoms with E-state index in [0.29, 0.717) is 6.42 Å². The maximum absolute atomic E-state index is 8.76. The van der Waals surface area contributed by atoms with Crippen molar-refractivity contribution in [3.63, 3.8) is 0 Å². The van der Waals surface area contributed by atoms with Gasteiger partial charge in [-0.1, -0.05) is 6.07 Å². The third kappa shape index (κ3) is 2.13. The molecule has 0 aliphatic rings. The van der Waals surface area contributed by atoms with Crippen LogP contribution in [0.4, 0.5) is 0 Å². The van der Waals surface area contributed by atoms with Crippen molar-refractivity contribution in [3.05, 3.63) is 30.1 Å². The van der Waals surface area contributed by atoms with E-state index in [0.717, 1.165) is 5.56 Å². The van der Waals surface area contributed by atoms with Gasteiger partial charge in [0.05, 0.1) is 0 Å². The first-order valence-corrected chi connectivity index (χ1v) is 3.11. The van der Waals surface area contributed by atoms with E-state index in [9.17, 15) is 0 Å². The third-order valence-electron chi connectivity index (χ3n) is 1.17. The molecule has 1 rings (SSSR count). The number of hydrogen-bond acceptors (Lipinski definition) is 3. The van der Waals surface area contributed by atoms with E-state index >= 15 is 0 Å². The van der Waals surface area contributed by atoms with Gasteiger partial charge in [0.15, 0.2) is 0 Å². The predicted octanol–water partition coefficient (Wildman–Crippen LogP) is -0.0988. The van der Waals surface area contributed by atoms with Gasteiger partial charge >= 0.3 is 0 Å². The van der Waals surface area contributed by atoms with Gasteiger partial charge in [-0.05, 0) is 11.6 Å². The molecule has 3 nitrogen and oxygen atoms in total. The van der Waals surface area contributed by atoms with Gasteiger partial charge in [0.1, 0.15) is 6.23 Å². The van der Waals surface area contributed by atoms with E-state index < -0.39 is 6.23 Å². The second-order valence-electron chi connectivity index (χ2n) is 2.13. The molecule has 0 saturated carbocycles. The summed E-state index contributed by atoms with van der Waals surface area (Å²) in [4.78, 5) is 3.87. The monoisotopic (exact) mass is 138 g/mol. The lowest BCUT2D eigenvalue weighted by Crippen LogP contribution is -2.21. The van der Waals surface area contributed by atoms with Crippen molar-refractivity contribution < 1.29 is 5.11 Å². The lowest BCUT2D eigenvalue weighted by Gasteiger charge is -2.01. The molecular weight excluding hydrogens is 128 g/mol. The molecule has 0 radical (unpaired) electrons. The highest BCUT2D eigenvalue weighted by Crippen LogP contribution is 1.96. The van der Waals surface area contributed by atoms with E-state index in [1.54, 1.807) is 12.4 Å². The number of aromatic nitrogens is 1. The topological polar surface area (TPSA) is 59.1 Å². The van der Waals surface area contributed by atoms with Crippen LogP contribution in [0.15, 0.2) is 24.5 Å². The smallest absolute Gasteiger partial charge is 0.106 e. The van der Waals surface area contributed by atoms with Crippen LogP contribution >= 0.6 is 0 Å². The normalized spacial score (nSPS) is 13.0. The summed E-state index contributed by atoms with van der Waals surface area (Å²) >= 11 is 0. The van der Waals surface area contributed by atoms with Gasteiger partial charge in [0.25, 0.3) is 0 Å². The Labute approximate surface area is 59.5 Å². The molecule has 54 valence electrons. The number of pyridine rings is 1. The fourth-order valence-corrected chi connectivity index (χ4v) is 0.760. The Morgan fingerprint density at radius 1 is 1.70 bits per heavy atom. The zero-order valence-corrected chi connectivity index (χ0v) is 5.57. The molecule has 1 aromatic rings. The SMILES string of the molecule is NC(O)Cc1cccnc1. The molecule has 0 saturated heterocycles. The van der Waals surface area contributed by atoms with Gasteiger partial charge < -0.3 is 10.8 Å². The molecule has 0 bridgehead atoms. The maximum atomic E-state index is 8.76. The van der Waals surface area contributed by atoms with Gasteiger partial charge in [-0.2, -0.15) is 0 Å². The molecular formula is C7H10N2O. The Balaban J connectivity index is 2.59. The highest BCUT2D eigenvalue weighted by molar-refractivity contribution is 5.08. The number of aliphatic hydroxyl groups excluding tert-OH is 1. The van der Waals surface area contributed by atoms with Gasteiger partial charge in [-0.15, -0.1) is 0 Å². The summed E-state index contributed by atoms with van der Waals surface area (Å²) in [7, 11) is 0. The summed E-state index contributed by atoms with van der Waals surface area (Å²) < 4.78 is 0. The Hall–Kier alpha value is -0.930. The first kappa shape index (κ1) is 7.18. The zero-order chi connectivity index (χ0) is 7.40. The Morgan fingerprint density at radius 2 is 2.50 bits per heavy atom. The van der Waals surface area contributed by atoms with Gasteiger partial charge in [-0.3, -0.25) is 4.98 Å². The molecule has 0 amide bonds. The summed E-state index contributed by atoms with van der Waals surface area (Å²) in [5.74, 6) is 0. The number of rotatable bonds is 2. The minimum atomic E-state index is -0.774. The molecule has 0 aliphatic carbocycles. The number of nitrogens with two attached hydrogens (primary N) is 1. The second-order valence-corrected chi connectivity index (χ2v) is 2.13. The molecule has 0 spiro atoms. The third-order valence-corrected chi connectivity index (χ3v) is 1.17. The number of nitrogens with zero attached hydrogens (tertiary/aromatic N) is 1. The Kier molecular flexibility index (Phi) is 2.36. The van der Waals surface area contributed by atoms with Gasteiger partial charge in [0, 0.05) is 18.8 Å². The first-order valence-electron chi connectivity index (χ1n) is 3.11. The van der Waals surface area contributed by atoms with Crippen LogP contribution in [0.25, 0.3) is 0 Å². The van der Waals surface area contributed by atoms with Crippen molar-refractivity contribution in [2.45, 2.75) is 12.6 Å². The highest BCUT2D eigenvalue weighted by Gasteiger charge is 1.96. The van der Waals surface area contributed by atoms with E-state index in [1.165, 1.54) is 0 Å². The van der Waals surface area contributed by atoms with Gasteiger partial charge in [-0.25, -0.2) is 0 Å². The predicted molar refractivity (Wildman–Crippen MR) is 38.1 cm³/mol. The summed E-state index contributed by atoms with van der Waals surface area (Å²) in [6.07, 6.45) is 3.07. The molecule has 3 heteroatoms. The number of aliphatic hydroxyl groups is 1. The lowest BCUT2D eigenvalue weighted by atomic mass is 10.2. The van der Waals surface area contributed by atoms with Crippen LogP contribution in [0.3, 0.4) is 0 Å². The number of hydrogen-bond donors (Lipinski definition) is 2.